The van der Waals surface area contributed by atoms with Crippen LogP contribution >= 0.6 is 0 Å². The van der Waals surface area contributed by atoms with Gasteiger partial charge in [-0.3, -0.25) is 19.7 Å². The fourth-order valence-corrected chi connectivity index (χ4v) is 2.16. The lowest BCUT2D eigenvalue weighted by Crippen LogP contribution is -2.41. The van der Waals surface area contributed by atoms with Crippen LogP contribution in [-0.2, 0) is 19.1 Å². The van der Waals surface area contributed by atoms with Gasteiger partial charge in [-0.1, -0.05) is 35.7 Å². The van der Waals surface area contributed by atoms with E-state index >= 15 is 0 Å². The predicted octanol–water partition coefficient (Wildman–Crippen LogP) is 1.06. The Hall–Kier alpha value is -3.80. The summed E-state index contributed by atoms with van der Waals surface area (Å²) in [6, 6.07) is 5.57. The van der Waals surface area contributed by atoms with Crippen molar-refractivity contribution in [3.63, 3.8) is 0 Å². The summed E-state index contributed by atoms with van der Waals surface area (Å²) in [6.45, 7) is 0. The number of hydrogen-bond acceptors (Lipinski definition) is 7. The number of terminal acetylenes is 1. The van der Waals surface area contributed by atoms with E-state index in [9.17, 15) is 24.8 Å². The van der Waals surface area contributed by atoms with Gasteiger partial charge < -0.3 is 14.6 Å². The SMILES string of the molecule is C#CC(O)C#CCC(CC#Cc1cccc([N+](=O)[O-])c1)(C(=O)OC)C(=O)OC. The zero-order valence-corrected chi connectivity index (χ0v) is 15.2. The third-order valence-electron chi connectivity index (χ3n) is 3.62. The van der Waals surface area contributed by atoms with E-state index in [2.05, 4.69) is 23.7 Å². The highest BCUT2D eigenvalue weighted by molar-refractivity contribution is 6.00. The Morgan fingerprint density at radius 3 is 2.39 bits per heavy atom. The quantitative estimate of drug-likeness (QED) is 0.266. The molecule has 8 heteroatoms. The number of non-ortho nitro benzene ring substituents is 1. The number of nitrogens with zero attached hydrogens (tertiary/aromatic N) is 1. The van der Waals surface area contributed by atoms with Gasteiger partial charge in [0, 0.05) is 30.5 Å². The molecule has 1 unspecified atom stereocenters. The summed E-state index contributed by atoms with van der Waals surface area (Å²) in [6.07, 6.45) is 2.98. The number of nitro groups is 1. The fraction of sp³-hybridized carbons (Fsp3) is 0.300. The Balaban J connectivity index is 3.25. The monoisotopic (exact) mass is 383 g/mol. The first-order valence-electron chi connectivity index (χ1n) is 7.83. The molecule has 144 valence electrons. The van der Waals surface area contributed by atoms with Gasteiger partial charge in [0.1, 0.15) is 0 Å². The molecule has 0 spiro atoms. The number of carbonyl (C=O) groups excluding carboxylic acids is 2. The Labute approximate surface area is 162 Å². The lowest BCUT2D eigenvalue weighted by Gasteiger charge is -2.24. The summed E-state index contributed by atoms with van der Waals surface area (Å²) < 4.78 is 9.42. The Morgan fingerprint density at radius 1 is 1.25 bits per heavy atom. The second-order valence-corrected chi connectivity index (χ2v) is 5.42. The number of hydrogen-bond donors (Lipinski definition) is 1. The van der Waals surface area contributed by atoms with E-state index in [1.54, 1.807) is 6.07 Å². The number of aliphatic hydroxyl groups is 1. The van der Waals surface area contributed by atoms with E-state index in [0.717, 1.165) is 14.2 Å². The highest BCUT2D eigenvalue weighted by atomic mass is 16.6. The fourth-order valence-electron chi connectivity index (χ4n) is 2.16. The molecule has 0 aliphatic rings. The number of ether oxygens (including phenoxy) is 2. The summed E-state index contributed by atoms with van der Waals surface area (Å²) in [7, 11) is 2.19. The molecular formula is C20H17NO7. The number of nitro benzene ring substituents is 1. The van der Waals surface area contributed by atoms with E-state index < -0.39 is 28.4 Å². The van der Waals surface area contributed by atoms with Crippen LogP contribution in [0, 0.1) is 51.6 Å². The first kappa shape index (κ1) is 22.2. The second kappa shape index (κ2) is 10.4. The van der Waals surface area contributed by atoms with Gasteiger partial charge in [0.05, 0.1) is 19.1 Å². The van der Waals surface area contributed by atoms with Crippen LogP contribution < -0.4 is 0 Å². The van der Waals surface area contributed by atoms with Crippen molar-refractivity contribution in [2.24, 2.45) is 5.41 Å². The Morgan fingerprint density at radius 2 is 1.86 bits per heavy atom. The number of methoxy groups -OCH3 is 2. The van der Waals surface area contributed by atoms with Crippen LogP contribution in [0.4, 0.5) is 5.69 Å². The zero-order valence-electron chi connectivity index (χ0n) is 15.2. The first-order valence-corrected chi connectivity index (χ1v) is 7.83. The van der Waals surface area contributed by atoms with Crippen LogP contribution in [0.15, 0.2) is 24.3 Å². The molecule has 0 saturated carbocycles. The first-order chi connectivity index (χ1) is 13.3. The van der Waals surface area contributed by atoms with Gasteiger partial charge in [-0.05, 0) is 6.07 Å². The lowest BCUT2D eigenvalue weighted by atomic mass is 9.81. The highest BCUT2D eigenvalue weighted by Gasteiger charge is 2.47. The van der Waals surface area contributed by atoms with E-state index in [4.69, 9.17) is 15.9 Å². The number of rotatable bonds is 5. The lowest BCUT2D eigenvalue weighted by molar-refractivity contribution is -0.384. The Bertz CT molecular complexity index is 906. The maximum Gasteiger partial charge on any atom is 0.325 e. The van der Waals surface area contributed by atoms with Crippen molar-refractivity contribution >= 4 is 17.6 Å². The molecular weight excluding hydrogens is 366 g/mol. The number of esters is 2. The summed E-state index contributed by atoms with van der Waals surface area (Å²) in [4.78, 5) is 34.9. The van der Waals surface area contributed by atoms with Crippen molar-refractivity contribution < 1.29 is 29.1 Å². The normalized spacial score (nSPS) is 10.8. The molecule has 0 aliphatic carbocycles. The summed E-state index contributed by atoms with van der Waals surface area (Å²) >= 11 is 0. The predicted molar refractivity (Wildman–Crippen MR) is 98.3 cm³/mol. The third kappa shape index (κ3) is 5.60. The van der Waals surface area contributed by atoms with Crippen LogP contribution in [0.1, 0.15) is 18.4 Å². The van der Waals surface area contributed by atoms with E-state index in [-0.39, 0.29) is 18.5 Å². The third-order valence-corrected chi connectivity index (χ3v) is 3.62. The smallest absolute Gasteiger partial charge is 0.325 e. The number of aliphatic hydroxyl groups excluding tert-OH is 1. The van der Waals surface area contributed by atoms with Crippen molar-refractivity contribution in [2.45, 2.75) is 18.9 Å². The van der Waals surface area contributed by atoms with Crippen LogP contribution in [0.2, 0.25) is 0 Å². The highest BCUT2D eigenvalue weighted by Crippen LogP contribution is 2.30. The van der Waals surface area contributed by atoms with Crippen molar-refractivity contribution in [2.75, 3.05) is 14.2 Å². The summed E-state index contributed by atoms with van der Waals surface area (Å²) in [5, 5.41) is 20.1. The maximum absolute atomic E-state index is 12.3. The average Bonchev–Trinajstić information content (AvgIpc) is 2.71. The molecule has 0 radical (unpaired) electrons. The van der Waals surface area contributed by atoms with Gasteiger partial charge in [-0.15, -0.1) is 6.42 Å². The van der Waals surface area contributed by atoms with Crippen LogP contribution in [-0.4, -0.2) is 42.3 Å². The molecule has 0 bridgehead atoms. The van der Waals surface area contributed by atoms with Crippen molar-refractivity contribution in [1.29, 1.82) is 0 Å². The Kier molecular flexibility index (Phi) is 8.24. The summed E-state index contributed by atoms with van der Waals surface area (Å²) in [5.41, 5.74) is -1.68. The van der Waals surface area contributed by atoms with Crippen LogP contribution in [0.5, 0.6) is 0 Å². The molecule has 28 heavy (non-hydrogen) atoms. The molecule has 0 aromatic heterocycles. The molecule has 0 heterocycles. The summed E-state index contributed by atoms with van der Waals surface area (Å²) in [5.74, 6) is 10.2. The van der Waals surface area contributed by atoms with Gasteiger partial charge in [0.15, 0.2) is 11.5 Å². The van der Waals surface area contributed by atoms with Crippen molar-refractivity contribution in [3.8, 4) is 36.0 Å². The molecule has 1 rings (SSSR count). The van der Waals surface area contributed by atoms with Crippen LogP contribution in [0.25, 0.3) is 0 Å². The molecule has 0 saturated heterocycles. The van der Waals surface area contributed by atoms with Gasteiger partial charge in [-0.25, -0.2) is 0 Å². The van der Waals surface area contributed by atoms with Crippen LogP contribution in [0.3, 0.4) is 0 Å². The molecule has 8 nitrogen and oxygen atoms in total. The molecule has 0 fully saturated rings. The van der Waals surface area contributed by atoms with Crippen molar-refractivity contribution in [1.82, 2.24) is 0 Å². The largest absolute Gasteiger partial charge is 0.468 e. The topological polar surface area (TPSA) is 116 Å². The standard InChI is InChI=1S/C20H17NO7/c1-4-17(22)11-7-13-20(18(23)27-2,19(24)28-3)12-6-9-15-8-5-10-16(14-15)21(25)26/h1,5,8,10,14,17,22H,12-13H2,2-3H3. The number of carbonyl (C=O) groups is 2. The van der Waals surface area contributed by atoms with Gasteiger partial charge in [0.25, 0.3) is 5.69 Å². The maximum atomic E-state index is 12.3. The zero-order chi connectivity index (χ0) is 21.2. The minimum Gasteiger partial charge on any atom is -0.468 e. The van der Waals surface area contributed by atoms with E-state index in [1.807, 2.05) is 5.92 Å². The van der Waals surface area contributed by atoms with Gasteiger partial charge in [0.2, 0.25) is 0 Å². The number of benzene rings is 1. The molecule has 1 atom stereocenters. The molecule has 0 aliphatic heterocycles. The van der Waals surface area contributed by atoms with E-state index in [0.29, 0.717) is 5.56 Å². The minimum absolute atomic E-state index is 0.145. The molecule has 1 aromatic rings. The van der Waals surface area contributed by atoms with Crippen molar-refractivity contribution in [3.05, 3.63) is 39.9 Å². The average molecular weight is 383 g/mol. The second-order valence-electron chi connectivity index (χ2n) is 5.42. The molecule has 0 amide bonds. The van der Waals surface area contributed by atoms with E-state index in [1.165, 1.54) is 18.2 Å². The molecule has 1 N–H and O–H groups in total. The molecule has 1 aromatic carbocycles. The van der Waals surface area contributed by atoms with Gasteiger partial charge >= 0.3 is 11.9 Å². The minimum atomic E-state index is -1.86. The van der Waals surface area contributed by atoms with Gasteiger partial charge in [-0.2, -0.15) is 0 Å².